The van der Waals surface area contributed by atoms with Gasteiger partial charge < -0.3 is 15.5 Å². The van der Waals surface area contributed by atoms with Gasteiger partial charge in [-0.05, 0) is 42.3 Å². The number of carbonyl (C=O) groups excluding carboxylic acids is 2. The van der Waals surface area contributed by atoms with Crippen molar-refractivity contribution in [3.05, 3.63) is 71.4 Å². The number of benzene rings is 2. The Morgan fingerprint density at radius 2 is 1.67 bits per heavy atom. The highest BCUT2D eigenvalue weighted by Gasteiger charge is 2.14. The van der Waals surface area contributed by atoms with Crippen LogP contribution in [0, 0.1) is 0 Å². The molecule has 0 saturated carbocycles. The first-order valence-corrected chi connectivity index (χ1v) is 9.15. The minimum absolute atomic E-state index is 0.234. The molecular formula is C22H27N3O2. The lowest BCUT2D eigenvalue weighted by Gasteiger charge is -2.13. The lowest BCUT2D eigenvalue weighted by molar-refractivity contribution is -0.117. The number of hydrogen-bond donors (Lipinski definition) is 2. The molecule has 0 unspecified atom stereocenters. The maximum Gasteiger partial charge on any atom is 0.267 e. The monoisotopic (exact) mass is 365 g/mol. The van der Waals surface area contributed by atoms with Crippen LogP contribution in [0.1, 0.15) is 35.7 Å². The van der Waals surface area contributed by atoms with E-state index in [1.165, 1.54) is 0 Å². The Balaban J connectivity index is 2.22. The molecule has 2 amide bonds. The molecule has 0 bridgehead atoms. The van der Waals surface area contributed by atoms with Crippen molar-refractivity contribution >= 4 is 23.6 Å². The molecule has 0 saturated heterocycles. The first-order valence-electron chi connectivity index (χ1n) is 9.15. The molecule has 0 aromatic heterocycles. The zero-order chi connectivity index (χ0) is 19.6. The SMILES string of the molecule is CCCCNC(=O)/C(=C\c1ccc(N(C)C)cc1)NC(=O)c1ccccc1. The van der Waals surface area contributed by atoms with Crippen molar-refractivity contribution in [3.63, 3.8) is 0 Å². The van der Waals surface area contributed by atoms with E-state index in [2.05, 4.69) is 17.6 Å². The zero-order valence-corrected chi connectivity index (χ0v) is 16.2. The Morgan fingerprint density at radius 3 is 2.26 bits per heavy atom. The summed E-state index contributed by atoms with van der Waals surface area (Å²) in [5.41, 5.74) is 2.65. The standard InChI is InChI=1S/C22H27N3O2/c1-4-5-15-23-22(27)20(24-21(26)18-9-7-6-8-10-18)16-17-11-13-19(14-12-17)25(2)3/h6-14,16H,4-5,15H2,1-3H3,(H,23,27)(H,24,26)/b20-16+. The van der Waals surface area contributed by atoms with Gasteiger partial charge in [0.25, 0.3) is 11.8 Å². The van der Waals surface area contributed by atoms with E-state index in [4.69, 9.17) is 0 Å². The highest BCUT2D eigenvalue weighted by Crippen LogP contribution is 2.14. The van der Waals surface area contributed by atoms with Crippen molar-refractivity contribution in [2.45, 2.75) is 19.8 Å². The van der Waals surface area contributed by atoms with Gasteiger partial charge in [-0.25, -0.2) is 0 Å². The van der Waals surface area contributed by atoms with Gasteiger partial charge >= 0.3 is 0 Å². The third-order valence-corrected chi connectivity index (χ3v) is 4.07. The number of nitrogens with zero attached hydrogens (tertiary/aromatic N) is 1. The molecule has 2 rings (SSSR count). The normalized spacial score (nSPS) is 11.0. The largest absolute Gasteiger partial charge is 0.378 e. The average Bonchev–Trinajstić information content (AvgIpc) is 2.68. The van der Waals surface area contributed by atoms with Gasteiger partial charge in [-0.3, -0.25) is 9.59 Å². The summed E-state index contributed by atoms with van der Waals surface area (Å²) in [6, 6.07) is 16.6. The summed E-state index contributed by atoms with van der Waals surface area (Å²) in [4.78, 5) is 27.0. The van der Waals surface area contributed by atoms with Crippen LogP contribution < -0.4 is 15.5 Å². The zero-order valence-electron chi connectivity index (χ0n) is 16.2. The first-order chi connectivity index (χ1) is 13.0. The van der Waals surface area contributed by atoms with Crippen molar-refractivity contribution < 1.29 is 9.59 Å². The van der Waals surface area contributed by atoms with Gasteiger partial charge in [-0.2, -0.15) is 0 Å². The Hall–Kier alpha value is -3.08. The fourth-order valence-corrected chi connectivity index (χ4v) is 2.45. The third kappa shape index (κ3) is 6.29. The smallest absolute Gasteiger partial charge is 0.267 e. The second kappa shape index (κ2) is 10.2. The molecule has 0 radical (unpaired) electrons. The average molecular weight is 365 g/mol. The third-order valence-electron chi connectivity index (χ3n) is 4.07. The van der Waals surface area contributed by atoms with Crippen LogP contribution in [0.2, 0.25) is 0 Å². The van der Waals surface area contributed by atoms with E-state index in [-0.39, 0.29) is 17.5 Å². The number of unbranched alkanes of at least 4 members (excludes halogenated alkanes) is 1. The van der Waals surface area contributed by atoms with Gasteiger partial charge in [-0.15, -0.1) is 0 Å². The molecule has 0 aliphatic heterocycles. The van der Waals surface area contributed by atoms with Crippen LogP contribution in [-0.2, 0) is 4.79 Å². The fourth-order valence-electron chi connectivity index (χ4n) is 2.45. The molecule has 0 spiro atoms. The van der Waals surface area contributed by atoms with Crippen molar-refractivity contribution in [2.24, 2.45) is 0 Å². The van der Waals surface area contributed by atoms with Crippen LogP contribution in [0.15, 0.2) is 60.3 Å². The molecule has 142 valence electrons. The number of rotatable bonds is 8. The minimum Gasteiger partial charge on any atom is -0.378 e. The van der Waals surface area contributed by atoms with Crippen molar-refractivity contribution in [3.8, 4) is 0 Å². The summed E-state index contributed by atoms with van der Waals surface area (Å²) in [7, 11) is 3.94. The molecule has 0 aliphatic carbocycles. The van der Waals surface area contributed by atoms with Gasteiger partial charge in [0.05, 0.1) is 0 Å². The molecule has 0 fully saturated rings. The van der Waals surface area contributed by atoms with Crippen LogP contribution in [0.4, 0.5) is 5.69 Å². The van der Waals surface area contributed by atoms with E-state index in [1.54, 1.807) is 30.3 Å². The molecular weight excluding hydrogens is 338 g/mol. The summed E-state index contributed by atoms with van der Waals surface area (Å²) >= 11 is 0. The van der Waals surface area contributed by atoms with E-state index in [9.17, 15) is 9.59 Å². The van der Waals surface area contributed by atoms with Crippen LogP contribution >= 0.6 is 0 Å². The summed E-state index contributed by atoms with van der Waals surface area (Å²) in [6.45, 7) is 2.64. The summed E-state index contributed by atoms with van der Waals surface area (Å²) in [5, 5.41) is 5.61. The van der Waals surface area contributed by atoms with Crippen LogP contribution in [0.5, 0.6) is 0 Å². The van der Waals surface area contributed by atoms with Crippen LogP contribution in [0.25, 0.3) is 6.08 Å². The lowest BCUT2D eigenvalue weighted by atomic mass is 10.1. The number of anilines is 1. The van der Waals surface area contributed by atoms with Gasteiger partial charge in [0.2, 0.25) is 0 Å². The summed E-state index contributed by atoms with van der Waals surface area (Å²) in [5.74, 6) is -0.596. The van der Waals surface area contributed by atoms with Gasteiger partial charge in [0.15, 0.2) is 0 Å². The molecule has 27 heavy (non-hydrogen) atoms. The fraction of sp³-hybridized carbons (Fsp3) is 0.273. The summed E-state index contributed by atoms with van der Waals surface area (Å²) in [6.07, 6.45) is 3.58. The second-order valence-corrected chi connectivity index (χ2v) is 6.47. The van der Waals surface area contributed by atoms with E-state index in [1.807, 2.05) is 49.3 Å². The van der Waals surface area contributed by atoms with Crippen molar-refractivity contribution in [2.75, 3.05) is 25.5 Å². The Kier molecular flexibility index (Phi) is 7.62. The van der Waals surface area contributed by atoms with Crippen molar-refractivity contribution in [1.82, 2.24) is 10.6 Å². The van der Waals surface area contributed by atoms with Crippen LogP contribution in [-0.4, -0.2) is 32.5 Å². The maximum absolute atomic E-state index is 12.6. The number of carbonyl (C=O) groups is 2. The van der Waals surface area contributed by atoms with E-state index in [0.717, 1.165) is 24.1 Å². The molecule has 5 nitrogen and oxygen atoms in total. The quantitative estimate of drug-likeness (QED) is 0.556. The topological polar surface area (TPSA) is 61.4 Å². The molecule has 2 N–H and O–H groups in total. The Morgan fingerprint density at radius 1 is 1.00 bits per heavy atom. The van der Waals surface area contributed by atoms with E-state index >= 15 is 0 Å². The molecule has 0 heterocycles. The molecule has 0 aliphatic rings. The van der Waals surface area contributed by atoms with Crippen molar-refractivity contribution in [1.29, 1.82) is 0 Å². The molecule has 5 heteroatoms. The van der Waals surface area contributed by atoms with E-state index < -0.39 is 0 Å². The molecule has 2 aromatic carbocycles. The Labute approximate surface area is 161 Å². The second-order valence-electron chi connectivity index (χ2n) is 6.47. The predicted octanol–water partition coefficient (Wildman–Crippen LogP) is 3.44. The van der Waals surface area contributed by atoms with Crippen LogP contribution in [0.3, 0.4) is 0 Å². The van der Waals surface area contributed by atoms with E-state index in [0.29, 0.717) is 12.1 Å². The molecule has 2 aromatic rings. The van der Waals surface area contributed by atoms with Gasteiger partial charge in [0, 0.05) is 31.9 Å². The van der Waals surface area contributed by atoms with Gasteiger partial charge in [-0.1, -0.05) is 43.7 Å². The highest BCUT2D eigenvalue weighted by atomic mass is 16.2. The predicted molar refractivity (Wildman–Crippen MR) is 111 cm³/mol. The molecule has 0 atom stereocenters. The number of nitrogens with one attached hydrogen (secondary N) is 2. The van der Waals surface area contributed by atoms with Gasteiger partial charge in [0.1, 0.15) is 5.70 Å². The summed E-state index contributed by atoms with van der Waals surface area (Å²) < 4.78 is 0. The maximum atomic E-state index is 12.6. The first kappa shape index (κ1) is 20.2. The minimum atomic E-state index is -0.308. The number of amides is 2. The highest BCUT2D eigenvalue weighted by molar-refractivity contribution is 6.05. The Bertz CT molecular complexity index is 781. The lowest BCUT2D eigenvalue weighted by Crippen LogP contribution is -2.35. The number of hydrogen-bond acceptors (Lipinski definition) is 3.